The van der Waals surface area contributed by atoms with Crippen molar-refractivity contribution in [3.63, 3.8) is 0 Å². The molecule has 0 saturated heterocycles. The summed E-state index contributed by atoms with van der Waals surface area (Å²) in [5.41, 5.74) is 0.0907. The SMILES string of the molecule is C[C@H](OC(=O)c1ccccc1F)C(=O)Nc1ccc(SC(F)F)cc1. The van der Waals surface area contributed by atoms with Gasteiger partial charge in [-0.25, -0.2) is 9.18 Å². The number of hydrogen-bond acceptors (Lipinski definition) is 4. The third-order valence-electron chi connectivity index (χ3n) is 3.09. The molecule has 25 heavy (non-hydrogen) atoms. The second-order valence-corrected chi connectivity index (χ2v) is 5.98. The quantitative estimate of drug-likeness (QED) is 0.608. The number of rotatable bonds is 6. The van der Waals surface area contributed by atoms with Crippen molar-refractivity contribution in [2.75, 3.05) is 5.32 Å². The topological polar surface area (TPSA) is 55.4 Å². The fraction of sp³-hybridized carbons (Fsp3) is 0.176. The first-order valence-electron chi connectivity index (χ1n) is 7.18. The molecule has 0 aliphatic rings. The monoisotopic (exact) mass is 369 g/mol. The number of thioether (sulfide) groups is 1. The van der Waals surface area contributed by atoms with Gasteiger partial charge in [0.25, 0.3) is 11.7 Å². The third kappa shape index (κ3) is 5.53. The highest BCUT2D eigenvalue weighted by Crippen LogP contribution is 2.26. The van der Waals surface area contributed by atoms with Crippen molar-refractivity contribution in [1.82, 2.24) is 0 Å². The molecule has 1 amide bonds. The van der Waals surface area contributed by atoms with Crippen LogP contribution < -0.4 is 5.32 Å². The number of amides is 1. The highest BCUT2D eigenvalue weighted by Gasteiger charge is 2.21. The van der Waals surface area contributed by atoms with Crippen LogP contribution in [-0.4, -0.2) is 23.7 Å². The van der Waals surface area contributed by atoms with E-state index in [0.29, 0.717) is 22.3 Å². The Hall–Kier alpha value is -2.48. The van der Waals surface area contributed by atoms with Gasteiger partial charge in [-0.05, 0) is 43.3 Å². The summed E-state index contributed by atoms with van der Waals surface area (Å²) in [5.74, 6) is -4.85. The molecule has 1 N–H and O–H groups in total. The summed E-state index contributed by atoms with van der Waals surface area (Å²) in [7, 11) is 0. The zero-order chi connectivity index (χ0) is 18.4. The van der Waals surface area contributed by atoms with E-state index in [2.05, 4.69) is 5.32 Å². The van der Waals surface area contributed by atoms with E-state index in [4.69, 9.17) is 4.74 Å². The summed E-state index contributed by atoms with van der Waals surface area (Å²) in [5, 5.41) is 2.49. The summed E-state index contributed by atoms with van der Waals surface area (Å²) in [4.78, 5) is 24.2. The Morgan fingerprint density at radius 3 is 2.32 bits per heavy atom. The van der Waals surface area contributed by atoms with Crippen LogP contribution in [0.25, 0.3) is 0 Å². The summed E-state index contributed by atoms with van der Waals surface area (Å²) in [6.45, 7) is 1.34. The number of ether oxygens (including phenoxy) is 1. The summed E-state index contributed by atoms with van der Waals surface area (Å²) < 4.78 is 42.9. The van der Waals surface area contributed by atoms with Gasteiger partial charge in [-0.1, -0.05) is 23.9 Å². The van der Waals surface area contributed by atoms with Crippen LogP contribution in [0.3, 0.4) is 0 Å². The Balaban J connectivity index is 1.94. The summed E-state index contributed by atoms with van der Waals surface area (Å²) >= 11 is 0.389. The summed E-state index contributed by atoms with van der Waals surface area (Å²) in [6.07, 6.45) is -1.16. The van der Waals surface area contributed by atoms with Crippen LogP contribution in [-0.2, 0) is 9.53 Å². The van der Waals surface area contributed by atoms with Crippen molar-refractivity contribution < 1.29 is 27.5 Å². The van der Waals surface area contributed by atoms with Gasteiger partial charge in [0.15, 0.2) is 6.10 Å². The van der Waals surface area contributed by atoms with Crippen molar-refractivity contribution in [2.24, 2.45) is 0 Å². The van der Waals surface area contributed by atoms with Crippen LogP contribution in [0.15, 0.2) is 53.4 Å². The molecule has 0 aliphatic heterocycles. The molecule has 0 fully saturated rings. The van der Waals surface area contributed by atoms with Gasteiger partial charge >= 0.3 is 5.97 Å². The first-order valence-corrected chi connectivity index (χ1v) is 8.06. The van der Waals surface area contributed by atoms with Gasteiger partial charge in [-0.2, -0.15) is 8.78 Å². The zero-order valence-electron chi connectivity index (χ0n) is 13.0. The minimum absolute atomic E-state index is 0.268. The fourth-order valence-electron chi connectivity index (χ4n) is 1.87. The van der Waals surface area contributed by atoms with Crippen LogP contribution in [0.1, 0.15) is 17.3 Å². The Bertz CT molecular complexity index is 753. The lowest BCUT2D eigenvalue weighted by Crippen LogP contribution is -2.30. The van der Waals surface area contributed by atoms with Gasteiger partial charge in [0, 0.05) is 10.6 Å². The standard InChI is InChI=1S/C17H14F3NO3S/c1-10(24-16(23)13-4-2-3-5-14(13)18)15(22)21-11-6-8-12(9-7-11)25-17(19)20/h2-10,17H,1H3,(H,21,22)/t10-/m0/s1. The van der Waals surface area contributed by atoms with E-state index in [9.17, 15) is 22.8 Å². The Morgan fingerprint density at radius 2 is 1.72 bits per heavy atom. The van der Waals surface area contributed by atoms with Gasteiger partial charge in [0.2, 0.25) is 0 Å². The molecule has 0 spiro atoms. The highest BCUT2D eigenvalue weighted by molar-refractivity contribution is 7.99. The van der Waals surface area contributed by atoms with Gasteiger partial charge in [0.05, 0.1) is 5.56 Å². The number of benzene rings is 2. The van der Waals surface area contributed by atoms with Gasteiger partial charge in [0.1, 0.15) is 5.82 Å². The second kappa shape index (κ2) is 8.57. The first-order chi connectivity index (χ1) is 11.9. The predicted octanol–water partition coefficient (Wildman–Crippen LogP) is 4.32. The molecule has 0 saturated carbocycles. The normalized spacial score (nSPS) is 11.9. The molecule has 2 rings (SSSR count). The minimum Gasteiger partial charge on any atom is -0.449 e. The number of anilines is 1. The molecule has 0 bridgehead atoms. The Morgan fingerprint density at radius 1 is 1.08 bits per heavy atom. The fourth-order valence-corrected chi connectivity index (χ4v) is 2.37. The number of esters is 1. The third-order valence-corrected chi connectivity index (χ3v) is 3.82. The highest BCUT2D eigenvalue weighted by atomic mass is 32.2. The lowest BCUT2D eigenvalue weighted by Gasteiger charge is -2.14. The van der Waals surface area contributed by atoms with Crippen LogP contribution in [0.2, 0.25) is 0 Å². The van der Waals surface area contributed by atoms with E-state index in [1.165, 1.54) is 49.4 Å². The molecule has 8 heteroatoms. The van der Waals surface area contributed by atoms with Gasteiger partial charge in [-0.3, -0.25) is 4.79 Å². The molecule has 0 heterocycles. The molecular formula is C17H14F3NO3S. The zero-order valence-corrected chi connectivity index (χ0v) is 13.9. The largest absolute Gasteiger partial charge is 0.449 e. The van der Waals surface area contributed by atoms with Crippen LogP contribution in [0.4, 0.5) is 18.9 Å². The Labute approximate surface area is 146 Å². The van der Waals surface area contributed by atoms with Crippen molar-refractivity contribution >= 4 is 29.3 Å². The van der Waals surface area contributed by atoms with Gasteiger partial charge in [-0.15, -0.1) is 0 Å². The number of carbonyl (C=O) groups excluding carboxylic acids is 2. The van der Waals surface area contributed by atoms with Crippen molar-refractivity contribution in [3.8, 4) is 0 Å². The molecule has 2 aromatic carbocycles. The van der Waals surface area contributed by atoms with E-state index >= 15 is 0 Å². The van der Waals surface area contributed by atoms with Crippen LogP contribution >= 0.6 is 11.8 Å². The van der Waals surface area contributed by atoms with E-state index in [1.807, 2.05) is 0 Å². The number of carbonyl (C=O) groups is 2. The average molecular weight is 369 g/mol. The molecule has 1 atom stereocenters. The van der Waals surface area contributed by atoms with Crippen LogP contribution in [0, 0.1) is 5.82 Å². The molecule has 2 aromatic rings. The van der Waals surface area contributed by atoms with E-state index in [0.717, 1.165) is 6.07 Å². The molecule has 4 nitrogen and oxygen atoms in total. The van der Waals surface area contributed by atoms with Crippen molar-refractivity contribution in [3.05, 3.63) is 59.9 Å². The lowest BCUT2D eigenvalue weighted by molar-refractivity contribution is -0.123. The number of halogens is 3. The predicted molar refractivity (Wildman–Crippen MR) is 88.2 cm³/mol. The van der Waals surface area contributed by atoms with Gasteiger partial charge < -0.3 is 10.1 Å². The molecule has 0 unspecified atom stereocenters. The first kappa shape index (κ1) is 18.9. The molecular weight excluding hydrogens is 355 g/mol. The minimum atomic E-state index is -2.53. The molecule has 132 valence electrons. The maximum atomic E-state index is 13.5. The second-order valence-electron chi connectivity index (χ2n) is 4.92. The Kier molecular flexibility index (Phi) is 6.46. The number of hydrogen-bond donors (Lipinski definition) is 1. The number of alkyl halides is 2. The maximum Gasteiger partial charge on any atom is 0.341 e. The lowest BCUT2D eigenvalue weighted by atomic mass is 10.2. The van der Waals surface area contributed by atoms with Crippen molar-refractivity contribution in [2.45, 2.75) is 23.7 Å². The van der Waals surface area contributed by atoms with E-state index in [-0.39, 0.29) is 5.56 Å². The number of nitrogens with one attached hydrogen (secondary N) is 1. The van der Waals surface area contributed by atoms with E-state index < -0.39 is 29.6 Å². The smallest absolute Gasteiger partial charge is 0.341 e. The maximum absolute atomic E-state index is 13.5. The molecule has 0 radical (unpaired) electrons. The summed E-state index contributed by atoms with van der Waals surface area (Å²) in [6, 6.07) is 11.0. The average Bonchev–Trinajstić information content (AvgIpc) is 2.56. The molecule has 0 aliphatic carbocycles. The van der Waals surface area contributed by atoms with Crippen LogP contribution in [0.5, 0.6) is 0 Å². The molecule has 0 aromatic heterocycles. The van der Waals surface area contributed by atoms with E-state index in [1.54, 1.807) is 0 Å². The van der Waals surface area contributed by atoms with Crippen molar-refractivity contribution in [1.29, 1.82) is 0 Å².